The highest BCUT2D eigenvalue weighted by Crippen LogP contribution is 2.39. The summed E-state index contributed by atoms with van der Waals surface area (Å²) in [4.78, 5) is 10.1. The van der Waals surface area contributed by atoms with Crippen LogP contribution >= 0.6 is 0 Å². The van der Waals surface area contributed by atoms with Gasteiger partial charge in [-0.3, -0.25) is 0 Å². The zero-order valence-electron chi connectivity index (χ0n) is 33.7. The number of hydrogen-bond donors (Lipinski definition) is 0. The zero-order valence-corrected chi connectivity index (χ0v) is 33.7. The lowest BCUT2D eigenvalue weighted by Gasteiger charge is -2.11. The summed E-state index contributed by atoms with van der Waals surface area (Å²) >= 11 is 0. The molecule has 0 aliphatic rings. The molecule has 0 amide bonds. The summed E-state index contributed by atoms with van der Waals surface area (Å²) in [5.74, 6) is 0.706. The van der Waals surface area contributed by atoms with Crippen LogP contribution in [0.1, 0.15) is 0 Å². The molecule has 4 heteroatoms. The fourth-order valence-electron chi connectivity index (χ4n) is 9.14. The van der Waals surface area contributed by atoms with Crippen molar-refractivity contribution in [3.63, 3.8) is 0 Å². The molecule has 0 atom stereocenters. The Morgan fingerprint density at radius 1 is 0.242 bits per heavy atom. The number of benzene rings is 9. The lowest BCUT2D eigenvalue weighted by atomic mass is 10.0. The minimum atomic E-state index is 0.706. The first-order valence-corrected chi connectivity index (χ1v) is 21.1. The molecule has 62 heavy (non-hydrogen) atoms. The first kappa shape index (κ1) is 35.6. The van der Waals surface area contributed by atoms with Crippen molar-refractivity contribution in [2.75, 3.05) is 0 Å². The third kappa shape index (κ3) is 6.08. The highest BCUT2D eigenvalue weighted by Gasteiger charge is 2.17. The average molecular weight is 791 g/mol. The number of fused-ring (bicyclic) bond motifs is 6. The summed E-state index contributed by atoms with van der Waals surface area (Å²) < 4.78 is 4.77. The highest BCUT2D eigenvalue weighted by molar-refractivity contribution is 6.12. The van der Waals surface area contributed by atoms with Crippen molar-refractivity contribution in [1.29, 1.82) is 0 Å². The summed E-state index contributed by atoms with van der Waals surface area (Å²) in [6, 6.07) is 82.2. The molecule has 3 heterocycles. The smallest absolute Gasteiger partial charge is 0.160 e. The lowest BCUT2D eigenvalue weighted by molar-refractivity contribution is 1.18. The minimum Gasteiger partial charge on any atom is -0.309 e. The normalized spacial score (nSPS) is 11.5. The zero-order chi connectivity index (χ0) is 41.0. The first-order valence-electron chi connectivity index (χ1n) is 21.1. The van der Waals surface area contributed by atoms with Crippen LogP contribution in [0.15, 0.2) is 231 Å². The Morgan fingerprint density at radius 2 is 0.661 bits per heavy atom. The maximum absolute atomic E-state index is 5.03. The Hall–Kier alpha value is -8.34. The van der Waals surface area contributed by atoms with Gasteiger partial charge < -0.3 is 9.13 Å². The summed E-state index contributed by atoms with van der Waals surface area (Å²) in [5.41, 5.74) is 16.6. The van der Waals surface area contributed by atoms with E-state index in [0.717, 1.165) is 50.6 Å². The van der Waals surface area contributed by atoms with E-state index in [4.69, 9.17) is 9.97 Å². The van der Waals surface area contributed by atoms with Crippen LogP contribution in [0.4, 0.5) is 0 Å². The molecule has 4 nitrogen and oxygen atoms in total. The second kappa shape index (κ2) is 14.7. The van der Waals surface area contributed by atoms with Crippen molar-refractivity contribution in [2.45, 2.75) is 0 Å². The van der Waals surface area contributed by atoms with Gasteiger partial charge in [0.15, 0.2) is 5.82 Å². The van der Waals surface area contributed by atoms with E-state index < -0.39 is 0 Å². The molecule has 0 unspecified atom stereocenters. The van der Waals surface area contributed by atoms with Gasteiger partial charge in [0.2, 0.25) is 0 Å². The van der Waals surface area contributed by atoms with E-state index in [0.29, 0.717) is 5.82 Å². The minimum absolute atomic E-state index is 0.706. The Labute approximate surface area is 359 Å². The number of nitrogens with zero attached hydrogens (tertiary/aromatic N) is 4. The average Bonchev–Trinajstić information content (AvgIpc) is 3.87. The molecule has 3 aromatic heterocycles. The molecule has 290 valence electrons. The molecular weight excluding hydrogens is 753 g/mol. The maximum Gasteiger partial charge on any atom is 0.160 e. The Bertz CT molecular complexity index is 3530. The quantitative estimate of drug-likeness (QED) is 0.161. The van der Waals surface area contributed by atoms with Gasteiger partial charge in [-0.25, -0.2) is 9.97 Å². The Morgan fingerprint density at radius 3 is 1.29 bits per heavy atom. The topological polar surface area (TPSA) is 35.6 Å². The van der Waals surface area contributed by atoms with Crippen LogP contribution in [0, 0.1) is 0 Å². The van der Waals surface area contributed by atoms with Crippen molar-refractivity contribution < 1.29 is 0 Å². The van der Waals surface area contributed by atoms with E-state index in [2.05, 4.69) is 203 Å². The van der Waals surface area contributed by atoms with Gasteiger partial charge in [0.05, 0.1) is 33.5 Å². The SMILES string of the molecule is c1ccc(-c2cc(-c3ccccc3)nc(-c3ccc(-c4ccc(-n5c6ccccc6c6cc(-c7ccc8c9ccccc9n(-c9ccccc9)c8c7)ccc65)cc4)cc3)n2)cc1. The largest absolute Gasteiger partial charge is 0.309 e. The maximum atomic E-state index is 5.03. The van der Waals surface area contributed by atoms with Crippen molar-refractivity contribution in [1.82, 2.24) is 19.1 Å². The van der Waals surface area contributed by atoms with Gasteiger partial charge in [0, 0.05) is 49.6 Å². The molecule has 12 rings (SSSR count). The molecule has 12 aromatic rings. The first-order chi connectivity index (χ1) is 30.7. The Balaban J connectivity index is 0.889. The number of aromatic nitrogens is 4. The van der Waals surface area contributed by atoms with E-state index in [1.807, 2.05) is 36.4 Å². The lowest BCUT2D eigenvalue weighted by Crippen LogP contribution is -1.96. The molecular formula is C58H38N4. The second-order valence-electron chi connectivity index (χ2n) is 15.8. The van der Waals surface area contributed by atoms with Crippen LogP contribution < -0.4 is 0 Å². The van der Waals surface area contributed by atoms with Crippen molar-refractivity contribution in [2.24, 2.45) is 0 Å². The van der Waals surface area contributed by atoms with Gasteiger partial charge in [0.1, 0.15) is 0 Å². The standard InChI is InChI=1S/C58H38N4/c1-4-14-41(15-5-1)52-38-53(42-16-6-2-7-17-42)60-58(59-52)43-26-24-39(25-27-43)40-28-32-47(33-29-40)61-55-23-13-11-21-49(55)51-36-44(31-35-56(51)61)45-30-34-50-48-20-10-12-22-54(48)62(57(50)37-45)46-18-8-3-9-19-46/h1-38H. The van der Waals surface area contributed by atoms with Crippen molar-refractivity contribution in [3.05, 3.63) is 231 Å². The summed E-state index contributed by atoms with van der Waals surface area (Å²) in [5, 5.41) is 4.98. The molecule has 9 aromatic carbocycles. The molecule has 0 bridgehead atoms. The fraction of sp³-hybridized carbons (Fsp3) is 0. The third-order valence-electron chi connectivity index (χ3n) is 12.2. The van der Waals surface area contributed by atoms with E-state index in [1.54, 1.807) is 0 Å². The molecule has 0 spiro atoms. The fourth-order valence-corrected chi connectivity index (χ4v) is 9.14. The van der Waals surface area contributed by atoms with Gasteiger partial charge in [-0.05, 0) is 82.9 Å². The predicted molar refractivity (Wildman–Crippen MR) is 258 cm³/mol. The molecule has 0 N–H and O–H groups in total. The van der Waals surface area contributed by atoms with Crippen molar-refractivity contribution in [3.8, 4) is 67.5 Å². The van der Waals surface area contributed by atoms with Crippen LogP contribution in [-0.2, 0) is 0 Å². The van der Waals surface area contributed by atoms with E-state index in [9.17, 15) is 0 Å². The van der Waals surface area contributed by atoms with Crippen LogP contribution in [-0.4, -0.2) is 19.1 Å². The molecule has 0 radical (unpaired) electrons. The number of hydrogen-bond acceptors (Lipinski definition) is 2. The van der Waals surface area contributed by atoms with E-state index in [-0.39, 0.29) is 0 Å². The summed E-state index contributed by atoms with van der Waals surface area (Å²) in [6.07, 6.45) is 0. The molecule has 0 aliphatic carbocycles. The van der Waals surface area contributed by atoms with E-state index in [1.165, 1.54) is 54.7 Å². The number of rotatable bonds is 7. The number of para-hydroxylation sites is 3. The van der Waals surface area contributed by atoms with Gasteiger partial charge in [0.25, 0.3) is 0 Å². The van der Waals surface area contributed by atoms with E-state index >= 15 is 0 Å². The van der Waals surface area contributed by atoms with Gasteiger partial charge >= 0.3 is 0 Å². The van der Waals surface area contributed by atoms with Gasteiger partial charge in [-0.1, -0.05) is 170 Å². The van der Waals surface area contributed by atoms with Crippen LogP contribution in [0.3, 0.4) is 0 Å². The molecule has 0 fully saturated rings. The van der Waals surface area contributed by atoms with Crippen LogP contribution in [0.2, 0.25) is 0 Å². The third-order valence-corrected chi connectivity index (χ3v) is 12.2. The summed E-state index contributed by atoms with van der Waals surface area (Å²) in [6.45, 7) is 0. The molecule has 0 aliphatic heterocycles. The van der Waals surface area contributed by atoms with Gasteiger partial charge in [-0.2, -0.15) is 0 Å². The Kier molecular flexibility index (Phi) is 8.46. The van der Waals surface area contributed by atoms with Gasteiger partial charge in [-0.15, -0.1) is 0 Å². The van der Waals surface area contributed by atoms with Crippen molar-refractivity contribution >= 4 is 43.6 Å². The van der Waals surface area contributed by atoms with Crippen LogP contribution in [0.25, 0.3) is 111 Å². The monoisotopic (exact) mass is 790 g/mol. The second-order valence-corrected chi connectivity index (χ2v) is 15.8. The highest BCUT2D eigenvalue weighted by atomic mass is 15.0. The summed E-state index contributed by atoms with van der Waals surface area (Å²) in [7, 11) is 0. The predicted octanol–water partition coefficient (Wildman–Crippen LogP) is 15.0. The van der Waals surface area contributed by atoms with Crippen LogP contribution in [0.5, 0.6) is 0 Å². The molecule has 0 saturated heterocycles. The molecule has 0 saturated carbocycles.